The quantitative estimate of drug-likeness (QED) is 0.783. The largest absolute Gasteiger partial charge is 0.346 e. The average Bonchev–Trinajstić information content (AvgIpc) is 2.71. The molecule has 0 radical (unpaired) electrons. The second-order valence-electron chi connectivity index (χ2n) is 4.50. The first kappa shape index (κ1) is 10.9. The van der Waals surface area contributed by atoms with E-state index >= 15 is 0 Å². The van der Waals surface area contributed by atoms with Gasteiger partial charge in [0.05, 0.1) is 0 Å². The first-order valence-electron chi connectivity index (χ1n) is 5.62. The van der Waals surface area contributed by atoms with Crippen LogP contribution in [0.4, 0.5) is 5.13 Å². The number of rotatable bonds is 3. The Kier molecular flexibility index (Phi) is 3.59. The number of aromatic nitrogens is 1. The van der Waals surface area contributed by atoms with Crippen LogP contribution in [0.2, 0.25) is 0 Å². The highest BCUT2D eigenvalue weighted by Crippen LogP contribution is 2.18. The van der Waals surface area contributed by atoms with E-state index in [9.17, 15) is 0 Å². The van der Waals surface area contributed by atoms with E-state index in [1.165, 1.54) is 24.8 Å². The van der Waals surface area contributed by atoms with Gasteiger partial charge < -0.3 is 4.90 Å². The van der Waals surface area contributed by atoms with Crippen molar-refractivity contribution in [1.82, 2.24) is 9.88 Å². The van der Waals surface area contributed by atoms with Crippen molar-refractivity contribution in [3.05, 3.63) is 11.6 Å². The molecule has 4 heteroatoms. The topological polar surface area (TPSA) is 19.4 Å². The van der Waals surface area contributed by atoms with Crippen molar-refractivity contribution in [3.8, 4) is 0 Å². The summed E-state index contributed by atoms with van der Waals surface area (Å²) in [5, 5.41) is 3.23. The third-order valence-electron chi connectivity index (χ3n) is 2.69. The van der Waals surface area contributed by atoms with Crippen LogP contribution >= 0.6 is 11.3 Å². The fraction of sp³-hybridized carbons (Fsp3) is 0.727. The minimum atomic E-state index is 0.774. The molecule has 15 heavy (non-hydrogen) atoms. The van der Waals surface area contributed by atoms with E-state index in [1.54, 1.807) is 11.3 Å². The highest BCUT2D eigenvalue weighted by atomic mass is 32.1. The Hall–Kier alpha value is -0.610. The molecule has 0 aliphatic carbocycles. The second-order valence-corrected chi connectivity index (χ2v) is 5.37. The Morgan fingerprint density at radius 2 is 2.07 bits per heavy atom. The standard InChI is InChI=1S/C11H19N3S/c1-10(2)9-13-4-6-14(7-5-13)11-12-3-8-15-11/h3,8,10H,4-7,9H2,1-2H3. The van der Waals surface area contributed by atoms with Crippen molar-refractivity contribution in [3.63, 3.8) is 0 Å². The van der Waals surface area contributed by atoms with Gasteiger partial charge in [-0.3, -0.25) is 4.90 Å². The number of thiazole rings is 1. The number of piperazine rings is 1. The fourth-order valence-corrected chi connectivity index (χ4v) is 2.71. The van der Waals surface area contributed by atoms with Gasteiger partial charge in [-0.25, -0.2) is 4.98 Å². The molecule has 1 fully saturated rings. The molecule has 0 spiro atoms. The molecule has 3 nitrogen and oxygen atoms in total. The van der Waals surface area contributed by atoms with E-state index in [2.05, 4.69) is 34.0 Å². The molecular formula is C11H19N3S. The third-order valence-corrected chi connectivity index (χ3v) is 3.52. The zero-order chi connectivity index (χ0) is 10.7. The number of hydrogen-bond donors (Lipinski definition) is 0. The molecule has 1 aliphatic rings. The summed E-state index contributed by atoms with van der Waals surface area (Å²) >= 11 is 1.74. The van der Waals surface area contributed by atoms with Crippen LogP contribution in [0.5, 0.6) is 0 Å². The number of nitrogens with zero attached hydrogens (tertiary/aromatic N) is 3. The molecule has 2 rings (SSSR count). The van der Waals surface area contributed by atoms with Crippen LogP contribution in [0, 0.1) is 5.92 Å². The van der Waals surface area contributed by atoms with Gasteiger partial charge in [0, 0.05) is 44.3 Å². The molecule has 0 aromatic carbocycles. The Bertz CT molecular complexity index is 276. The summed E-state index contributed by atoms with van der Waals surface area (Å²) < 4.78 is 0. The SMILES string of the molecule is CC(C)CN1CCN(c2nccs2)CC1. The molecule has 1 saturated heterocycles. The van der Waals surface area contributed by atoms with Gasteiger partial charge in [0.15, 0.2) is 5.13 Å². The van der Waals surface area contributed by atoms with Crippen molar-refractivity contribution in [2.75, 3.05) is 37.6 Å². The summed E-state index contributed by atoms with van der Waals surface area (Å²) in [6.07, 6.45) is 1.89. The van der Waals surface area contributed by atoms with E-state index in [-0.39, 0.29) is 0 Å². The molecule has 0 atom stereocenters. The molecule has 0 saturated carbocycles. The molecule has 1 aliphatic heterocycles. The molecule has 0 unspecified atom stereocenters. The van der Waals surface area contributed by atoms with Crippen molar-refractivity contribution in [1.29, 1.82) is 0 Å². The fourth-order valence-electron chi connectivity index (χ4n) is 2.01. The summed E-state index contributed by atoms with van der Waals surface area (Å²) in [5.41, 5.74) is 0. The Labute approximate surface area is 95.7 Å². The van der Waals surface area contributed by atoms with E-state index in [0.717, 1.165) is 19.0 Å². The van der Waals surface area contributed by atoms with Crippen molar-refractivity contribution in [2.45, 2.75) is 13.8 Å². The highest BCUT2D eigenvalue weighted by molar-refractivity contribution is 7.13. The monoisotopic (exact) mass is 225 g/mol. The Morgan fingerprint density at radius 3 is 2.60 bits per heavy atom. The lowest BCUT2D eigenvalue weighted by atomic mass is 10.2. The first-order chi connectivity index (χ1) is 7.25. The average molecular weight is 225 g/mol. The van der Waals surface area contributed by atoms with Gasteiger partial charge in [-0.05, 0) is 5.92 Å². The van der Waals surface area contributed by atoms with Crippen molar-refractivity contribution in [2.24, 2.45) is 5.92 Å². The first-order valence-corrected chi connectivity index (χ1v) is 6.50. The predicted octanol–water partition coefficient (Wildman–Crippen LogP) is 1.92. The van der Waals surface area contributed by atoms with Crippen LogP contribution in [-0.2, 0) is 0 Å². The molecular weight excluding hydrogens is 206 g/mol. The molecule has 2 heterocycles. The summed E-state index contributed by atoms with van der Waals surface area (Å²) in [7, 11) is 0. The molecule has 84 valence electrons. The van der Waals surface area contributed by atoms with E-state index in [1.807, 2.05) is 6.20 Å². The lowest BCUT2D eigenvalue weighted by molar-refractivity contribution is 0.231. The minimum Gasteiger partial charge on any atom is -0.346 e. The van der Waals surface area contributed by atoms with Crippen LogP contribution in [0.15, 0.2) is 11.6 Å². The molecule has 1 aromatic heterocycles. The van der Waals surface area contributed by atoms with Gasteiger partial charge in [0.1, 0.15) is 0 Å². The highest BCUT2D eigenvalue weighted by Gasteiger charge is 2.18. The van der Waals surface area contributed by atoms with Crippen molar-refractivity contribution >= 4 is 16.5 Å². The van der Waals surface area contributed by atoms with Gasteiger partial charge in [-0.2, -0.15) is 0 Å². The van der Waals surface area contributed by atoms with Gasteiger partial charge >= 0.3 is 0 Å². The van der Waals surface area contributed by atoms with Gasteiger partial charge in [-0.15, -0.1) is 11.3 Å². The Balaban J connectivity index is 1.82. The zero-order valence-corrected chi connectivity index (χ0v) is 10.3. The molecule has 0 N–H and O–H groups in total. The van der Waals surface area contributed by atoms with Gasteiger partial charge in [0.2, 0.25) is 0 Å². The van der Waals surface area contributed by atoms with E-state index in [0.29, 0.717) is 0 Å². The van der Waals surface area contributed by atoms with Gasteiger partial charge in [-0.1, -0.05) is 13.8 Å². The van der Waals surface area contributed by atoms with Crippen LogP contribution in [0.1, 0.15) is 13.8 Å². The van der Waals surface area contributed by atoms with Crippen molar-refractivity contribution < 1.29 is 0 Å². The van der Waals surface area contributed by atoms with E-state index < -0.39 is 0 Å². The summed E-state index contributed by atoms with van der Waals surface area (Å²) in [6.45, 7) is 10.4. The Morgan fingerprint density at radius 1 is 1.33 bits per heavy atom. The predicted molar refractivity (Wildman–Crippen MR) is 65.6 cm³/mol. The summed E-state index contributed by atoms with van der Waals surface area (Å²) in [6, 6.07) is 0. The third kappa shape index (κ3) is 2.92. The van der Waals surface area contributed by atoms with Crippen LogP contribution in [0.25, 0.3) is 0 Å². The minimum absolute atomic E-state index is 0.774. The second kappa shape index (κ2) is 4.94. The summed E-state index contributed by atoms with van der Waals surface area (Å²) in [4.78, 5) is 9.29. The smallest absolute Gasteiger partial charge is 0.185 e. The molecule has 0 bridgehead atoms. The van der Waals surface area contributed by atoms with Crippen LogP contribution in [0.3, 0.4) is 0 Å². The van der Waals surface area contributed by atoms with E-state index in [4.69, 9.17) is 0 Å². The normalized spacial score (nSPS) is 18.7. The maximum Gasteiger partial charge on any atom is 0.185 e. The number of hydrogen-bond acceptors (Lipinski definition) is 4. The lowest BCUT2D eigenvalue weighted by Gasteiger charge is -2.35. The molecule has 1 aromatic rings. The molecule has 0 amide bonds. The zero-order valence-electron chi connectivity index (χ0n) is 9.52. The number of anilines is 1. The van der Waals surface area contributed by atoms with Gasteiger partial charge in [0.25, 0.3) is 0 Å². The van der Waals surface area contributed by atoms with Crippen LogP contribution in [-0.4, -0.2) is 42.6 Å². The lowest BCUT2D eigenvalue weighted by Crippen LogP contribution is -2.47. The maximum absolute atomic E-state index is 4.35. The summed E-state index contributed by atoms with van der Waals surface area (Å²) in [5.74, 6) is 0.774. The maximum atomic E-state index is 4.35. The van der Waals surface area contributed by atoms with Crippen LogP contribution < -0.4 is 4.90 Å².